The van der Waals surface area contributed by atoms with E-state index in [-0.39, 0.29) is 6.10 Å². The minimum absolute atomic E-state index is 0.145. The van der Waals surface area contributed by atoms with Crippen molar-refractivity contribution in [2.45, 2.75) is 51.8 Å². The molecule has 1 aromatic rings. The molecular weight excluding hydrogens is 262 g/mol. The van der Waals surface area contributed by atoms with Crippen molar-refractivity contribution in [1.29, 1.82) is 0 Å². The van der Waals surface area contributed by atoms with Gasteiger partial charge in [-0.05, 0) is 52.3 Å². The summed E-state index contributed by atoms with van der Waals surface area (Å²) in [6.45, 7) is 9.93. The van der Waals surface area contributed by atoms with E-state index in [0.717, 1.165) is 24.5 Å². The van der Waals surface area contributed by atoms with Crippen LogP contribution in [0.5, 0.6) is 5.75 Å². The number of nitrogen functional groups attached to an aromatic ring is 1. The molecule has 2 saturated heterocycles. The third-order valence-corrected chi connectivity index (χ3v) is 4.63. The fourth-order valence-electron chi connectivity index (χ4n) is 3.60. The molecule has 2 atom stereocenters. The van der Waals surface area contributed by atoms with Crippen molar-refractivity contribution in [3.63, 3.8) is 0 Å². The Bertz CT molecular complexity index is 503. The Labute approximate surface area is 127 Å². The Morgan fingerprint density at radius 2 is 2.10 bits per heavy atom. The summed E-state index contributed by atoms with van der Waals surface area (Å²) in [4.78, 5) is 5.16. The van der Waals surface area contributed by atoms with Crippen LogP contribution in [-0.4, -0.2) is 42.7 Å². The van der Waals surface area contributed by atoms with E-state index in [0.29, 0.717) is 12.1 Å². The molecule has 0 saturated carbocycles. The number of rotatable bonds is 3. The summed E-state index contributed by atoms with van der Waals surface area (Å²) < 4.78 is 5.84. The highest BCUT2D eigenvalue weighted by atomic mass is 16.5. The predicted octanol–water partition coefficient (Wildman–Crippen LogP) is 2.73. The number of fused-ring (bicyclic) bond motifs is 1. The predicted molar refractivity (Wildman–Crippen MR) is 88.0 cm³/mol. The van der Waals surface area contributed by atoms with E-state index in [1.165, 1.54) is 25.1 Å². The van der Waals surface area contributed by atoms with Gasteiger partial charge in [0.1, 0.15) is 5.75 Å². The van der Waals surface area contributed by atoms with Gasteiger partial charge in [0.15, 0.2) is 0 Å². The highest BCUT2D eigenvalue weighted by Gasteiger charge is 2.34. The Kier molecular flexibility index (Phi) is 3.98. The second kappa shape index (κ2) is 5.76. The van der Waals surface area contributed by atoms with E-state index >= 15 is 0 Å². The molecule has 2 unspecified atom stereocenters. The molecule has 116 valence electrons. The number of piperazine rings is 1. The van der Waals surface area contributed by atoms with E-state index in [9.17, 15) is 0 Å². The summed E-state index contributed by atoms with van der Waals surface area (Å²) in [5.41, 5.74) is 7.99. The molecule has 0 bridgehead atoms. The lowest BCUT2D eigenvalue weighted by molar-refractivity contribution is 0.202. The van der Waals surface area contributed by atoms with Crippen LogP contribution in [0.15, 0.2) is 18.2 Å². The van der Waals surface area contributed by atoms with Crippen LogP contribution in [0.2, 0.25) is 0 Å². The fraction of sp³-hybridized carbons (Fsp3) is 0.647. The second-order valence-corrected chi connectivity index (χ2v) is 6.68. The summed E-state index contributed by atoms with van der Waals surface area (Å²) in [5, 5.41) is 0. The average Bonchev–Trinajstić information content (AvgIpc) is 2.87. The second-order valence-electron chi connectivity index (χ2n) is 6.68. The Hall–Kier alpha value is -1.42. The summed E-state index contributed by atoms with van der Waals surface area (Å²) >= 11 is 0. The minimum atomic E-state index is 0.145. The van der Waals surface area contributed by atoms with Crippen molar-refractivity contribution >= 4 is 11.4 Å². The van der Waals surface area contributed by atoms with Gasteiger partial charge in [0.25, 0.3) is 0 Å². The van der Waals surface area contributed by atoms with Crippen molar-refractivity contribution in [2.75, 3.05) is 30.3 Å². The number of ether oxygens (including phenoxy) is 1. The van der Waals surface area contributed by atoms with E-state index in [2.05, 4.69) is 28.9 Å². The van der Waals surface area contributed by atoms with Gasteiger partial charge in [0.2, 0.25) is 0 Å². The smallest absolute Gasteiger partial charge is 0.144 e. The molecular formula is C17H27N3O. The first-order chi connectivity index (χ1) is 10.0. The Morgan fingerprint density at radius 3 is 2.86 bits per heavy atom. The lowest BCUT2D eigenvalue weighted by Crippen LogP contribution is -2.55. The first-order valence-electron chi connectivity index (χ1n) is 8.11. The first kappa shape index (κ1) is 14.5. The van der Waals surface area contributed by atoms with Crippen molar-refractivity contribution < 1.29 is 4.74 Å². The lowest BCUT2D eigenvalue weighted by Gasteiger charge is -2.43. The molecule has 0 aliphatic carbocycles. The summed E-state index contributed by atoms with van der Waals surface area (Å²) in [6, 6.07) is 7.46. The van der Waals surface area contributed by atoms with Crippen LogP contribution in [0.25, 0.3) is 0 Å². The van der Waals surface area contributed by atoms with Gasteiger partial charge in [-0.2, -0.15) is 0 Å². The standard InChI is InChI=1S/C17H27N3O/c1-12(2)21-17-9-14(6-7-16(17)18)20-11-15-5-4-8-19(15)10-13(20)3/h6-7,9,12-13,15H,4-5,8,10-11,18H2,1-3H3. The molecule has 0 spiro atoms. The van der Waals surface area contributed by atoms with Crippen LogP contribution < -0.4 is 15.4 Å². The van der Waals surface area contributed by atoms with Crippen LogP contribution in [0.1, 0.15) is 33.6 Å². The molecule has 2 N–H and O–H groups in total. The summed E-state index contributed by atoms with van der Waals surface area (Å²) in [6.07, 6.45) is 2.81. The van der Waals surface area contributed by atoms with E-state index in [4.69, 9.17) is 10.5 Å². The highest BCUT2D eigenvalue weighted by molar-refractivity contribution is 5.63. The topological polar surface area (TPSA) is 41.7 Å². The number of hydrogen-bond donors (Lipinski definition) is 1. The molecule has 2 heterocycles. The number of nitrogens with two attached hydrogens (primary N) is 1. The number of anilines is 2. The number of nitrogens with zero attached hydrogens (tertiary/aromatic N) is 2. The third-order valence-electron chi connectivity index (χ3n) is 4.63. The van der Waals surface area contributed by atoms with Gasteiger partial charge in [0.05, 0.1) is 11.8 Å². The molecule has 4 heteroatoms. The van der Waals surface area contributed by atoms with Gasteiger partial charge in [-0.15, -0.1) is 0 Å². The van der Waals surface area contributed by atoms with Crippen LogP contribution in [0, 0.1) is 0 Å². The van der Waals surface area contributed by atoms with Gasteiger partial charge >= 0.3 is 0 Å². The van der Waals surface area contributed by atoms with Gasteiger partial charge in [0, 0.05) is 36.9 Å². The van der Waals surface area contributed by atoms with Gasteiger partial charge < -0.3 is 15.4 Å². The van der Waals surface area contributed by atoms with Crippen molar-refractivity contribution in [2.24, 2.45) is 0 Å². The molecule has 0 radical (unpaired) electrons. The van der Waals surface area contributed by atoms with Crippen LogP contribution in [0.3, 0.4) is 0 Å². The molecule has 2 aliphatic heterocycles. The highest BCUT2D eigenvalue weighted by Crippen LogP contribution is 2.33. The largest absolute Gasteiger partial charge is 0.489 e. The molecule has 4 nitrogen and oxygen atoms in total. The third kappa shape index (κ3) is 2.95. The van der Waals surface area contributed by atoms with Crippen molar-refractivity contribution in [3.05, 3.63) is 18.2 Å². The SMILES string of the molecule is CC(C)Oc1cc(N2CC3CCCN3CC2C)ccc1N. The average molecular weight is 289 g/mol. The van der Waals surface area contributed by atoms with Gasteiger partial charge in [-0.25, -0.2) is 0 Å². The Balaban J connectivity index is 1.82. The number of hydrogen-bond acceptors (Lipinski definition) is 4. The summed E-state index contributed by atoms with van der Waals surface area (Å²) in [5.74, 6) is 0.809. The molecule has 0 amide bonds. The molecule has 1 aromatic carbocycles. The van der Waals surface area contributed by atoms with Crippen LogP contribution in [0.4, 0.5) is 11.4 Å². The monoisotopic (exact) mass is 289 g/mol. The number of benzene rings is 1. The minimum Gasteiger partial charge on any atom is -0.489 e. The van der Waals surface area contributed by atoms with Gasteiger partial charge in [-0.3, -0.25) is 4.90 Å². The van der Waals surface area contributed by atoms with Crippen molar-refractivity contribution in [3.8, 4) is 5.75 Å². The zero-order valence-electron chi connectivity index (χ0n) is 13.4. The van der Waals surface area contributed by atoms with E-state index < -0.39 is 0 Å². The molecule has 21 heavy (non-hydrogen) atoms. The van der Waals surface area contributed by atoms with Gasteiger partial charge in [-0.1, -0.05) is 0 Å². The summed E-state index contributed by atoms with van der Waals surface area (Å²) in [7, 11) is 0. The van der Waals surface area contributed by atoms with Crippen molar-refractivity contribution in [1.82, 2.24) is 4.90 Å². The lowest BCUT2D eigenvalue weighted by atomic mass is 10.1. The zero-order valence-corrected chi connectivity index (χ0v) is 13.4. The maximum atomic E-state index is 6.04. The quantitative estimate of drug-likeness (QED) is 0.869. The van der Waals surface area contributed by atoms with E-state index in [1.54, 1.807) is 0 Å². The molecule has 2 fully saturated rings. The fourth-order valence-corrected chi connectivity index (χ4v) is 3.60. The first-order valence-corrected chi connectivity index (χ1v) is 8.11. The molecule has 2 aliphatic rings. The Morgan fingerprint density at radius 1 is 1.29 bits per heavy atom. The normalized spacial score (nSPS) is 26.2. The van der Waals surface area contributed by atoms with E-state index in [1.807, 2.05) is 19.9 Å². The molecule has 3 rings (SSSR count). The zero-order chi connectivity index (χ0) is 15.0. The molecule has 0 aromatic heterocycles. The maximum Gasteiger partial charge on any atom is 0.144 e. The van der Waals surface area contributed by atoms with Crippen LogP contribution in [-0.2, 0) is 0 Å². The van der Waals surface area contributed by atoms with Crippen LogP contribution >= 0.6 is 0 Å². The maximum absolute atomic E-state index is 6.04.